The quantitative estimate of drug-likeness (QED) is 0.642. The molecular formula is C15H17FO4. The molecule has 1 aliphatic carbocycles. The lowest BCUT2D eigenvalue weighted by Gasteiger charge is -2.28. The molecule has 1 aromatic carbocycles. The van der Waals surface area contributed by atoms with Crippen LogP contribution in [-0.4, -0.2) is 23.7 Å². The molecule has 1 N–H and O–H groups in total. The highest BCUT2D eigenvalue weighted by Gasteiger charge is 2.53. The maximum Gasteiger partial charge on any atom is 0.328 e. The molecule has 1 unspecified atom stereocenters. The SMILES string of the molecule is CCOC(=O)C(CC1CC1)(C(=O)O)c1ccccc1F. The van der Waals surface area contributed by atoms with Gasteiger partial charge in [0.2, 0.25) is 0 Å². The highest BCUT2D eigenvalue weighted by molar-refractivity contribution is 6.05. The highest BCUT2D eigenvalue weighted by Crippen LogP contribution is 2.43. The van der Waals surface area contributed by atoms with Crippen LogP contribution in [-0.2, 0) is 19.7 Å². The minimum absolute atomic E-state index is 0.0625. The Labute approximate surface area is 116 Å². The van der Waals surface area contributed by atoms with Gasteiger partial charge in [0.25, 0.3) is 0 Å². The summed E-state index contributed by atoms with van der Waals surface area (Å²) in [6.45, 7) is 1.66. The highest BCUT2D eigenvalue weighted by atomic mass is 19.1. The van der Waals surface area contributed by atoms with Crippen molar-refractivity contribution in [2.24, 2.45) is 5.92 Å². The molecule has 4 nitrogen and oxygen atoms in total. The topological polar surface area (TPSA) is 63.6 Å². The van der Waals surface area contributed by atoms with E-state index in [0.29, 0.717) is 0 Å². The second-order valence-electron chi connectivity index (χ2n) is 5.06. The van der Waals surface area contributed by atoms with Gasteiger partial charge in [0.1, 0.15) is 5.82 Å². The number of halogens is 1. The second kappa shape index (κ2) is 5.61. The van der Waals surface area contributed by atoms with Crippen LogP contribution in [0.25, 0.3) is 0 Å². The van der Waals surface area contributed by atoms with Gasteiger partial charge in [-0.3, -0.25) is 9.59 Å². The van der Waals surface area contributed by atoms with Crippen LogP contribution in [0.5, 0.6) is 0 Å². The zero-order valence-corrected chi connectivity index (χ0v) is 11.3. The molecule has 1 aromatic rings. The van der Waals surface area contributed by atoms with Crippen LogP contribution in [0.4, 0.5) is 4.39 Å². The minimum atomic E-state index is -1.94. The van der Waals surface area contributed by atoms with Crippen molar-refractivity contribution >= 4 is 11.9 Å². The van der Waals surface area contributed by atoms with E-state index in [-0.39, 0.29) is 24.5 Å². The van der Waals surface area contributed by atoms with E-state index in [4.69, 9.17) is 4.74 Å². The number of hydrogen-bond acceptors (Lipinski definition) is 3. The van der Waals surface area contributed by atoms with Crippen molar-refractivity contribution < 1.29 is 23.8 Å². The Kier molecular flexibility index (Phi) is 4.06. The summed E-state index contributed by atoms with van der Waals surface area (Å²) in [7, 11) is 0. The minimum Gasteiger partial charge on any atom is -0.480 e. The molecule has 1 aliphatic rings. The summed E-state index contributed by atoms with van der Waals surface area (Å²) in [5.74, 6) is -2.80. The fourth-order valence-electron chi connectivity index (χ4n) is 2.41. The van der Waals surface area contributed by atoms with E-state index in [9.17, 15) is 19.1 Å². The number of carbonyl (C=O) groups excluding carboxylic acids is 1. The van der Waals surface area contributed by atoms with Crippen LogP contribution >= 0.6 is 0 Å². The van der Waals surface area contributed by atoms with Gasteiger partial charge in [0, 0.05) is 5.56 Å². The number of ether oxygens (including phenoxy) is 1. The zero-order chi connectivity index (χ0) is 14.8. The molecule has 1 saturated carbocycles. The summed E-state index contributed by atoms with van der Waals surface area (Å²) >= 11 is 0. The number of hydrogen-bond donors (Lipinski definition) is 1. The second-order valence-corrected chi connectivity index (χ2v) is 5.06. The molecule has 0 radical (unpaired) electrons. The summed E-state index contributed by atoms with van der Waals surface area (Å²) in [4.78, 5) is 24.0. The van der Waals surface area contributed by atoms with Gasteiger partial charge >= 0.3 is 11.9 Å². The van der Waals surface area contributed by atoms with E-state index < -0.39 is 23.2 Å². The maximum atomic E-state index is 14.0. The first kappa shape index (κ1) is 14.5. The van der Waals surface area contributed by atoms with Crippen molar-refractivity contribution in [3.05, 3.63) is 35.6 Å². The molecule has 0 heterocycles. The Morgan fingerprint density at radius 3 is 2.55 bits per heavy atom. The molecule has 108 valence electrons. The molecule has 0 spiro atoms. The fraction of sp³-hybridized carbons (Fsp3) is 0.467. The van der Waals surface area contributed by atoms with E-state index in [1.165, 1.54) is 24.3 Å². The predicted molar refractivity (Wildman–Crippen MR) is 69.7 cm³/mol. The van der Waals surface area contributed by atoms with Crippen molar-refractivity contribution in [3.63, 3.8) is 0 Å². The molecule has 1 fully saturated rings. The van der Waals surface area contributed by atoms with Crippen molar-refractivity contribution in [1.29, 1.82) is 0 Å². The molecule has 5 heteroatoms. The summed E-state index contributed by atoms with van der Waals surface area (Å²) in [5.41, 5.74) is -2.06. The summed E-state index contributed by atoms with van der Waals surface area (Å²) in [6.07, 6.45) is 1.81. The third-order valence-electron chi connectivity index (χ3n) is 3.61. The Morgan fingerprint density at radius 2 is 2.05 bits per heavy atom. The Hall–Kier alpha value is -1.91. The van der Waals surface area contributed by atoms with Gasteiger partial charge in [-0.1, -0.05) is 31.0 Å². The molecular weight excluding hydrogens is 263 g/mol. The van der Waals surface area contributed by atoms with E-state index in [1.54, 1.807) is 6.92 Å². The van der Waals surface area contributed by atoms with Gasteiger partial charge in [-0.05, 0) is 25.3 Å². The lowest BCUT2D eigenvalue weighted by Crippen LogP contribution is -2.46. The number of benzene rings is 1. The average molecular weight is 280 g/mol. The van der Waals surface area contributed by atoms with Gasteiger partial charge in [0.05, 0.1) is 6.61 Å². The van der Waals surface area contributed by atoms with Gasteiger partial charge in [-0.15, -0.1) is 0 Å². The molecule has 1 atom stereocenters. The molecule has 0 aromatic heterocycles. The summed E-state index contributed by atoms with van der Waals surface area (Å²) in [5, 5.41) is 9.61. The van der Waals surface area contributed by atoms with E-state index in [1.807, 2.05) is 0 Å². The van der Waals surface area contributed by atoms with Crippen molar-refractivity contribution in [1.82, 2.24) is 0 Å². The normalized spacial score (nSPS) is 17.3. The first-order chi connectivity index (χ1) is 9.52. The third kappa shape index (κ3) is 2.53. The molecule has 20 heavy (non-hydrogen) atoms. The number of carboxylic acid groups (broad SMARTS) is 1. The first-order valence-electron chi connectivity index (χ1n) is 6.68. The largest absolute Gasteiger partial charge is 0.480 e. The predicted octanol–water partition coefficient (Wildman–Crippen LogP) is 2.51. The number of aliphatic carboxylic acids is 1. The molecule has 0 bridgehead atoms. The molecule has 0 saturated heterocycles. The molecule has 0 amide bonds. The lowest BCUT2D eigenvalue weighted by atomic mass is 9.75. The Bertz CT molecular complexity index is 524. The van der Waals surface area contributed by atoms with E-state index in [0.717, 1.165) is 12.8 Å². The molecule has 0 aliphatic heterocycles. The van der Waals surface area contributed by atoms with Crippen molar-refractivity contribution in [3.8, 4) is 0 Å². The maximum absolute atomic E-state index is 14.0. The Morgan fingerprint density at radius 1 is 1.40 bits per heavy atom. The van der Waals surface area contributed by atoms with Gasteiger partial charge in [-0.25, -0.2) is 4.39 Å². The van der Waals surface area contributed by atoms with Crippen LogP contribution in [0.1, 0.15) is 31.7 Å². The third-order valence-corrected chi connectivity index (χ3v) is 3.61. The number of esters is 1. The van der Waals surface area contributed by atoms with Crippen molar-refractivity contribution in [2.45, 2.75) is 31.6 Å². The van der Waals surface area contributed by atoms with Gasteiger partial charge in [0.15, 0.2) is 5.41 Å². The first-order valence-corrected chi connectivity index (χ1v) is 6.68. The van der Waals surface area contributed by atoms with Crippen LogP contribution < -0.4 is 0 Å². The smallest absolute Gasteiger partial charge is 0.328 e. The average Bonchev–Trinajstić information content (AvgIpc) is 3.20. The van der Waals surface area contributed by atoms with Crippen LogP contribution in [0.2, 0.25) is 0 Å². The van der Waals surface area contributed by atoms with Gasteiger partial charge < -0.3 is 9.84 Å². The monoisotopic (exact) mass is 280 g/mol. The van der Waals surface area contributed by atoms with Crippen LogP contribution in [0.3, 0.4) is 0 Å². The summed E-state index contributed by atoms with van der Waals surface area (Å²) in [6, 6.07) is 5.51. The number of carbonyl (C=O) groups is 2. The van der Waals surface area contributed by atoms with Crippen LogP contribution in [0.15, 0.2) is 24.3 Å². The van der Waals surface area contributed by atoms with Crippen molar-refractivity contribution in [2.75, 3.05) is 6.61 Å². The summed E-state index contributed by atoms with van der Waals surface area (Å²) < 4.78 is 19.0. The number of rotatable bonds is 6. The van der Waals surface area contributed by atoms with E-state index >= 15 is 0 Å². The number of carboxylic acids is 1. The molecule has 2 rings (SSSR count). The standard InChI is InChI=1S/C15H17FO4/c1-2-20-14(19)15(13(17)18,9-10-7-8-10)11-5-3-4-6-12(11)16/h3-6,10H,2,7-9H2,1H3,(H,17,18). The Balaban J connectivity index is 2.53. The zero-order valence-electron chi connectivity index (χ0n) is 11.3. The van der Waals surface area contributed by atoms with Crippen LogP contribution in [0, 0.1) is 11.7 Å². The van der Waals surface area contributed by atoms with Gasteiger partial charge in [-0.2, -0.15) is 0 Å². The van der Waals surface area contributed by atoms with E-state index in [2.05, 4.69) is 0 Å². The lowest BCUT2D eigenvalue weighted by molar-refractivity contribution is -0.162. The fourth-order valence-corrected chi connectivity index (χ4v) is 2.41.